The predicted octanol–water partition coefficient (Wildman–Crippen LogP) is 1.91. The van der Waals surface area contributed by atoms with Crippen LogP contribution in [0.4, 0.5) is 0 Å². The van der Waals surface area contributed by atoms with E-state index in [1.165, 1.54) is 17.7 Å². The first kappa shape index (κ1) is 11.3. The fraction of sp³-hybridized carbons (Fsp3) is 0.333. The van der Waals surface area contributed by atoms with Crippen LogP contribution in [0, 0.1) is 0 Å². The second-order valence-corrected chi connectivity index (χ2v) is 4.88. The van der Waals surface area contributed by atoms with Gasteiger partial charge in [-0.05, 0) is 18.9 Å². The number of hydrogen-bond acceptors (Lipinski definition) is 5. The number of nitrogens with zero attached hydrogens (tertiary/aromatic N) is 4. The summed E-state index contributed by atoms with van der Waals surface area (Å²) in [5.74, 6) is -0.00244. The van der Waals surface area contributed by atoms with Crippen molar-refractivity contribution in [1.82, 2.24) is 19.9 Å². The molecule has 0 unspecified atom stereocenters. The number of aromatic nitrogens is 3. The van der Waals surface area contributed by atoms with Gasteiger partial charge in [-0.1, -0.05) is 0 Å². The van der Waals surface area contributed by atoms with Crippen molar-refractivity contribution in [3.63, 3.8) is 0 Å². The Morgan fingerprint density at radius 2 is 2.39 bits per heavy atom. The number of carbonyl (C=O) groups is 1. The van der Waals surface area contributed by atoms with E-state index in [0.29, 0.717) is 5.69 Å². The maximum Gasteiger partial charge on any atom is 0.273 e. The summed E-state index contributed by atoms with van der Waals surface area (Å²) >= 11 is 1.44. The van der Waals surface area contributed by atoms with Gasteiger partial charge in [-0.3, -0.25) is 4.79 Å². The van der Waals surface area contributed by atoms with Gasteiger partial charge < -0.3 is 4.90 Å². The first-order valence-corrected chi connectivity index (χ1v) is 6.75. The van der Waals surface area contributed by atoms with E-state index in [-0.39, 0.29) is 11.9 Å². The Labute approximate surface area is 109 Å². The molecule has 1 aliphatic rings. The van der Waals surface area contributed by atoms with Crippen LogP contribution in [0.25, 0.3) is 0 Å². The molecule has 3 rings (SSSR count). The van der Waals surface area contributed by atoms with E-state index in [9.17, 15) is 4.79 Å². The van der Waals surface area contributed by atoms with Gasteiger partial charge in [0.15, 0.2) is 0 Å². The van der Waals surface area contributed by atoms with Crippen molar-refractivity contribution in [2.45, 2.75) is 18.9 Å². The monoisotopic (exact) mass is 260 g/mol. The van der Waals surface area contributed by atoms with Gasteiger partial charge in [0.05, 0.1) is 17.2 Å². The van der Waals surface area contributed by atoms with Crippen molar-refractivity contribution in [3.8, 4) is 0 Å². The first-order valence-electron chi connectivity index (χ1n) is 5.81. The van der Waals surface area contributed by atoms with E-state index < -0.39 is 0 Å². The second kappa shape index (κ2) is 4.81. The van der Waals surface area contributed by atoms with Crippen LogP contribution in [0.15, 0.2) is 29.5 Å². The van der Waals surface area contributed by atoms with Crippen LogP contribution in [0.5, 0.6) is 0 Å². The smallest absolute Gasteiger partial charge is 0.273 e. The summed E-state index contributed by atoms with van der Waals surface area (Å²) in [5.41, 5.74) is 3.12. The van der Waals surface area contributed by atoms with E-state index in [1.807, 2.05) is 11.0 Å². The van der Waals surface area contributed by atoms with Gasteiger partial charge in [0.1, 0.15) is 12.0 Å². The quantitative estimate of drug-likeness (QED) is 0.827. The summed E-state index contributed by atoms with van der Waals surface area (Å²) in [7, 11) is 0. The number of thiazole rings is 1. The molecule has 0 saturated carbocycles. The zero-order valence-electron chi connectivity index (χ0n) is 9.69. The van der Waals surface area contributed by atoms with Crippen molar-refractivity contribution in [2.75, 3.05) is 6.54 Å². The van der Waals surface area contributed by atoms with Crippen LogP contribution < -0.4 is 0 Å². The van der Waals surface area contributed by atoms with Crippen molar-refractivity contribution in [1.29, 1.82) is 0 Å². The highest BCUT2D eigenvalue weighted by molar-refractivity contribution is 7.07. The minimum Gasteiger partial charge on any atom is -0.329 e. The summed E-state index contributed by atoms with van der Waals surface area (Å²) < 4.78 is 0. The molecule has 18 heavy (non-hydrogen) atoms. The Morgan fingerprint density at radius 1 is 1.44 bits per heavy atom. The molecule has 1 fully saturated rings. The largest absolute Gasteiger partial charge is 0.329 e. The fourth-order valence-corrected chi connectivity index (χ4v) is 2.81. The normalized spacial score (nSPS) is 19.1. The molecule has 1 aliphatic heterocycles. The lowest BCUT2D eigenvalue weighted by atomic mass is 10.1. The summed E-state index contributed by atoms with van der Waals surface area (Å²) in [6, 6.07) is 1.93. The third-order valence-electron chi connectivity index (χ3n) is 3.11. The molecule has 0 N–H and O–H groups in total. The minimum atomic E-state index is -0.00244. The number of rotatable bonds is 2. The Kier molecular flexibility index (Phi) is 3.02. The van der Waals surface area contributed by atoms with E-state index in [0.717, 1.165) is 25.1 Å². The molecular formula is C12H12N4OS. The van der Waals surface area contributed by atoms with Gasteiger partial charge >= 0.3 is 0 Å². The zero-order chi connectivity index (χ0) is 12.4. The Hall–Kier alpha value is -1.82. The lowest BCUT2D eigenvalue weighted by Gasteiger charge is -2.23. The van der Waals surface area contributed by atoms with E-state index >= 15 is 0 Å². The second-order valence-electron chi connectivity index (χ2n) is 4.16. The van der Waals surface area contributed by atoms with Crippen LogP contribution in [0.3, 0.4) is 0 Å². The average Bonchev–Trinajstić information content (AvgIpc) is 3.10. The van der Waals surface area contributed by atoms with Gasteiger partial charge in [-0.25, -0.2) is 15.0 Å². The highest BCUT2D eigenvalue weighted by Crippen LogP contribution is 2.31. The highest BCUT2D eigenvalue weighted by Gasteiger charge is 2.32. The molecule has 1 amide bonds. The molecule has 0 aliphatic carbocycles. The van der Waals surface area contributed by atoms with Gasteiger partial charge in [-0.2, -0.15) is 0 Å². The highest BCUT2D eigenvalue weighted by atomic mass is 32.1. The van der Waals surface area contributed by atoms with E-state index in [4.69, 9.17) is 0 Å². The molecule has 2 aromatic heterocycles. The molecule has 0 spiro atoms. The number of likely N-dealkylation sites (tertiary alicyclic amines) is 1. The van der Waals surface area contributed by atoms with Gasteiger partial charge in [0, 0.05) is 18.1 Å². The van der Waals surface area contributed by atoms with Crippen molar-refractivity contribution in [2.24, 2.45) is 0 Å². The molecule has 6 heteroatoms. The fourth-order valence-electron chi connectivity index (χ4n) is 2.28. The van der Waals surface area contributed by atoms with Crippen LogP contribution in [0.1, 0.15) is 35.1 Å². The summed E-state index contributed by atoms with van der Waals surface area (Å²) in [5, 5.41) is 1.79. The first-order chi connectivity index (χ1) is 8.86. The summed E-state index contributed by atoms with van der Waals surface area (Å²) in [6.45, 7) is 0.769. The lowest BCUT2D eigenvalue weighted by molar-refractivity contribution is 0.0727. The molecule has 0 bridgehead atoms. The van der Waals surface area contributed by atoms with Crippen molar-refractivity contribution < 1.29 is 4.79 Å². The van der Waals surface area contributed by atoms with Crippen LogP contribution in [-0.4, -0.2) is 32.3 Å². The van der Waals surface area contributed by atoms with Crippen LogP contribution in [0.2, 0.25) is 0 Å². The number of amides is 1. The third-order valence-corrected chi connectivity index (χ3v) is 3.70. The topological polar surface area (TPSA) is 59.0 Å². The zero-order valence-corrected chi connectivity index (χ0v) is 10.5. The van der Waals surface area contributed by atoms with E-state index in [1.54, 1.807) is 17.1 Å². The third kappa shape index (κ3) is 1.99. The molecule has 0 radical (unpaired) electrons. The molecule has 3 heterocycles. The number of hydrogen-bond donors (Lipinski definition) is 0. The van der Waals surface area contributed by atoms with Gasteiger partial charge in [0.25, 0.3) is 5.91 Å². The number of carbonyl (C=O) groups excluding carboxylic acids is 1. The predicted molar refractivity (Wildman–Crippen MR) is 67.2 cm³/mol. The minimum absolute atomic E-state index is 0.00244. The molecule has 1 saturated heterocycles. The van der Waals surface area contributed by atoms with E-state index in [2.05, 4.69) is 15.0 Å². The summed E-state index contributed by atoms with van der Waals surface area (Å²) in [4.78, 5) is 26.4. The molecule has 1 atom stereocenters. The Balaban J connectivity index is 1.86. The van der Waals surface area contributed by atoms with Gasteiger partial charge in [0.2, 0.25) is 0 Å². The molecule has 92 valence electrons. The average molecular weight is 260 g/mol. The lowest BCUT2D eigenvalue weighted by Crippen LogP contribution is -2.31. The summed E-state index contributed by atoms with van der Waals surface area (Å²) in [6.07, 6.45) is 5.20. The van der Waals surface area contributed by atoms with Gasteiger partial charge in [-0.15, -0.1) is 11.3 Å². The SMILES string of the molecule is O=C(c1cscn1)N1CCC[C@@H]1c1ccncn1. The van der Waals surface area contributed by atoms with Crippen LogP contribution in [-0.2, 0) is 0 Å². The molecule has 5 nitrogen and oxygen atoms in total. The molecular weight excluding hydrogens is 248 g/mol. The molecule has 2 aromatic rings. The standard InChI is InChI=1S/C12H12N4OS/c17-12(10-6-18-8-15-10)16-5-1-2-11(16)9-3-4-13-7-14-9/h3-4,6-8,11H,1-2,5H2/t11-/m1/s1. The Bertz CT molecular complexity index is 528. The molecule has 0 aromatic carbocycles. The van der Waals surface area contributed by atoms with Crippen LogP contribution >= 0.6 is 11.3 Å². The maximum atomic E-state index is 12.3. The Morgan fingerprint density at radius 3 is 3.11 bits per heavy atom. The van der Waals surface area contributed by atoms with Crippen molar-refractivity contribution >= 4 is 17.2 Å². The van der Waals surface area contributed by atoms with Crippen molar-refractivity contribution in [3.05, 3.63) is 40.9 Å². The maximum absolute atomic E-state index is 12.3.